The maximum atomic E-state index is 12.4. The highest BCUT2D eigenvalue weighted by atomic mass is 16.1. The SMILES string of the molecule is O=C(NCC1CCCC1)c1cccn1C1CCNCC1. The van der Waals surface area contributed by atoms with E-state index < -0.39 is 0 Å². The Morgan fingerprint density at radius 1 is 1.25 bits per heavy atom. The van der Waals surface area contributed by atoms with Crippen LogP contribution in [0.5, 0.6) is 0 Å². The van der Waals surface area contributed by atoms with Crippen LogP contribution in [0.4, 0.5) is 0 Å². The number of carbonyl (C=O) groups is 1. The van der Waals surface area contributed by atoms with Gasteiger partial charge < -0.3 is 15.2 Å². The Morgan fingerprint density at radius 3 is 2.75 bits per heavy atom. The summed E-state index contributed by atoms with van der Waals surface area (Å²) in [7, 11) is 0. The first-order valence-corrected chi connectivity index (χ1v) is 8.00. The van der Waals surface area contributed by atoms with E-state index in [0.29, 0.717) is 12.0 Å². The van der Waals surface area contributed by atoms with Gasteiger partial charge in [0.25, 0.3) is 5.91 Å². The monoisotopic (exact) mass is 275 g/mol. The number of amides is 1. The van der Waals surface area contributed by atoms with Crippen molar-refractivity contribution >= 4 is 5.91 Å². The number of carbonyl (C=O) groups excluding carboxylic acids is 1. The van der Waals surface area contributed by atoms with E-state index in [1.54, 1.807) is 0 Å². The summed E-state index contributed by atoms with van der Waals surface area (Å²) >= 11 is 0. The second-order valence-electron chi connectivity index (χ2n) is 6.14. The summed E-state index contributed by atoms with van der Waals surface area (Å²) in [6.45, 7) is 2.94. The molecule has 2 fully saturated rings. The third-order valence-corrected chi connectivity index (χ3v) is 4.74. The van der Waals surface area contributed by atoms with Gasteiger partial charge in [0, 0.05) is 18.8 Å². The molecule has 2 aliphatic rings. The molecule has 2 heterocycles. The number of aromatic nitrogens is 1. The summed E-state index contributed by atoms with van der Waals surface area (Å²) in [5.41, 5.74) is 0.829. The van der Waals surface area contributed by atoms with E-state index in [0.717, 1.165) is 38.2 Å². The van der Waals surface area contributed by atoms with Gasteiger partial charge in [-0.3, -0.25) is 4.79 Å². The van der Waals surface area contributed by atoms with Crippen LogP contribution < -0.4 is 10.6 Å². The highest BCUT2D eigenvalue weighted by Gasteiger charge is 2.21. The average molecular weight is 275 g/mol. The molecule has 1 saturated carbocycles. The summed E-state index contributed by atoms with van der Waals surface area (Å²) in [5, 5.41) is 6.50. The quantitative estimate of drug-likeness (QED) is 0.886. The van der Waals surface area contributed by atoms with Crippen LogP contribution in [0.1, 0.15) is 55.1 Å². The molecule has 0 unspecified atom stereocenters. The Bertz CT molecular complexity index is 442. The van der Waals surface area contributed by atoms with Crippen molar-refractivity contribution in [2.24, 2.45) is 5.92 Å². The molecule has 4 nitrogen and oxygen atoms in total. The van der Waals surface area contributed by atoms with Crippen molar-refractivity contribution in [3.63, 3.8) is 0 Å². The average Bonchev–Trinajstić information content (AvgIpc) is 3.17. The molecule has 0 aromatic carbocycles. The minimum atomic E-state index is 0.0976. The summed E-state index contributed by atoms with van der Waals surface area (Å²) in [4.78, 5) is 12.4. The fourth-order valence-corrected chi connectivity index (χ4v) is 3.53. The van der Waals surface area contributed by atoms with Crippen LogP contribution in [0.25, 0.3) is 0 Å². The van der Waals surface area contributed by atoms with E-state index in [1.807, 2.05) is 12.1 Å². The van der Waals surface area contributed by atoms with Gasteiger partial charge in [-0.25, -0.2) is 0 Å². The molecule has 1 saturated heterocycles. The van der Waals surface area contributed by atoms with Crippen molar-refractivity contribution in [1.29, 1.82) is 0 Å². The van der Waals surface area contributed by atoms with Crippen LogP contribution in [-0.4, -0.2) is 30.1 Å². The van der Waals surface area contributed by atoms with Crippen LogP contribution in [0.2, 0.25) is 0 Å². The summed E-state index contributed by atoms with van der Waals surface area (Å²) in [6.07, 6.45) is 9.47. The second-order valence-corrected chi connectivity index (χ2v) is 6.14. The Hall–Kier alpha value is -1.29. The zero-order valence-corrected chi connectivity index (χ0v) is 12.1. The molecule has 0 spiro atoms. The molecule has 2 N–H and O–H groups in total. The summed E-state index contributed by atoms with van der Waals surface area (Å²) < 4.78 is 2.17. The first kappa shape index (κ1) is 13.7. The van der Waals surface area contributed by atoms with E-state index in [1.165, 1.54) is 25.7 Å². The fourth-order valence-electron chi connectivity index (χ4n) is 3.53. The molecule has 3 rings (SSSR count). The Labute approximate surface area is 120 Å². The van der Waals surface area contributed by atoms with Gasteiger partial charge in [-0.2, -0.15) is 0 Å². The third kappa shape index (κ3) is 3.06. The number of hydrogen-bond donors (Lipinski definition) is 2. The molecule has 1 aliphatic carbocycles. The second kappa shape index (κ2) is 6.44. The van der Waals surface area contributed by atoms with E-state index in [9.17, 15) is 4.79 Å². The van der Waals surface area contributed by atoms with Crippen molar-refractivity contribution in [3.05, 3.63) is 24.0 Å². The number of rotatable bonds is 4. The lowest BCUT2D eigenvalue weighted by Crippen LogP contribution is -2.33. The van der Waals surface area contributed by atoms with Crippen molar-refractivity contribution in [1.82, 2.24) is 15.2 Å². The lowest BCUT2D eigenvalue weighted by Gasteiger charge is -2.26. The standard InChI is InChI=1S/C16H25N3O/c20-16(18-12-13-4-1-2-5-13)15-6-3-11-19(15)14-7-9-17-10-8-14/h3,6,11,13-14,17H,1-2,4-5,7-10,12H2,(H,18,20). The number of piperidine rings is 1. The van der Waals surface area contributed by atoms with Crippen LogP contribution in [-0.2, 0) is 0 Å². The van der Waals surface area contributed by atoms with Gasteiger partial charge in [-0.05, 0) is 56.8 Å². The normalized spacial score (nSPS) is 21.2. The van der Waals surface area contributed by atoms with Gasteiger partial charge in [0.05, 0.1) is 0 Å². The molecule has 1 aromatic heterocycles. The van der Waals surface area contributed by atoms with Gasteiger partial charge in [0.2, 0.25) is 0 Å². The molecular weight excluding hydrogens is 250 g/mol. The van der Waals surface area contributed by atoms with E-state index >= 15 is 0 Å². The lowest BCUT2D eigenvalue weighted by atomic mass is 10.1. The summed E-state index contributed by atoms with van der Waals surface area (Å²) in [6, 6.07) is 4.41. The van der Waals surface area contributed by atoms with Crippen molar-refractivity contribution in [2.75, 3.05) is 19.6 Å². The maximum absolute atomic E-state index is 12.4. The predicted octanol–water partition coefficient (Wildman–Crippen LogP) is 2.33. The topological polar surface area (TPSA) is 46.1 Å². The molecule has 1 aliphatic heterocycles. The summed E-state index contributed by atoms with van der Waals surface area (Å²) in [5.74, 6) is 0.793. The molecule has 110 valence electrons. The smallest absolute Gasteiger partial charge is 0.267 e. The highest BCUT2D eigenvalue weighted by Crippen LogP contribution is 2.24. The molecule has 20 heavy (non-hydrogen) atoms. The van der Waals surface area contributed by atoms with Crippen molar-refractivity contribution in [2.45, 2.75) is 44.6 Å². The van der Waals surface area contributed by atoms with E-state index in [2.05, 4.69) is 21.4 Å². The Morgan fingerprint density at radius 2 is 2.00 bits per heavy atom. The number of nitrogens with one attached hydrogen (secondary N) is 2. The largest absolute Gasteiger partial charge is 0.350 e. The highest BCUT2D eigenvalue weighted by molar-refractivity contribution is 5.92. The van der Waals surface area contributed by atoms with Gasteiger partial charge in [0.1, 0.15) is 5.69 Å². The van der Waals surface area contributed by atoms with Crippen LogP contribution in [0, 0.1) is 5.92 Å². The fraction of sp³-hybridized carbons (Fsp3) is 0.688. The molecule has 0 atom stereocenters. The first-order chi connectivity index (χ1) is 9.84. The molecule has 4 heteroatoms. The first-order valence-electron chi connectivity index (χ1n) is 8.00. The molecule has 1 amide bonds. The minimum Gasteiger partial charge on any atom is -0.350 e. The zero-order chi connectivity index (χ0) is 13.8. The molecule has 0 bridgehead atoms. The van der Waals surface area contributed by atoms with Crippen molar-refractivity contribution in [3.8, 4) is 0 Å². The van der Waals surface area contributed by atoms with E-state index in [-0.39, 0.29) is 5.91 Å². The number of hydrogen-bond acceptors (Lipinski definition) is 2. The van der Waals surface area contributed by atoms with E-state index in [4.69, 9.17) is 0 Å². The lowest BCUT2D eigenvalue weighted by molar-refractivity contribution is 0.0934. The van der Waals surface area contributed by atoms with Gasteiger partial charge in [-0.1, -0.05) is 12.8 Å². The number of nitrogens with zero attached hydrogens (tertiary/aromatic N) is 1. The third-order valence-electron chi connectivity index (χ3n) is 4.74. The predicted molar refractivity (Wildman–Crippen MR) is 79.9 cm³/mol. The minimum absolute atomic E-state index is 0.0976. The van der Waals surface area contributed by atoms with Gasteiger partial charge in [-0.15, -0.1) is 0 Å². The van der Waals surface area contributed by atoms with Crippen LogP contribution in [0.15, 0.2) is 18.3 Å². The van der Waals surface area contributed by atoms with Crippen molar-refractivity contribution < 1.29 is 4.79 Å². The van der Waals surface area contributed by atoms with Gasteiger partial charge in [0.15, 0.2) is 0 Å². The molecular formula is C16H25N3O. The van der Waals surface area contributed by atoms with Gasteiger partial charge >= 0.3 is 0 Å². The zero-order valence-electron chi connectivity index (χ0n) is 12.1. The molecule has 0 radical (unpaired) electrons. The maximum Gasteiger partial charge on any atom is 0.267 e. The van der Waals surface area contributed by atoms with Crippen LogP contribution >= 0.6 is 0 Å². The Balaban J connectivity index is 1.60. The van der Waals surface area contributed by atoms with Crippen LogP contribution in [0.3, 0.4) is 0 Å². The Kier molecular flexibility index (Phi) is 4.41. The molecule has 1 aromatic rings.